The number of carbonyl (C=O) groups is 2. The number of esters is 1. The van der Waals surface area contributed by atoms with E-state index in [9.17, 15) is 9.59 Å². The molecule has 2 aromatic rings. The van der Waals surface area contributed by atoms with Gasteiger partial charge < -0.3 is 14.2 Å². The van der Waals surface area contributed by atoms with E-state index >= 15 is 0 Å². The summed E-state index contributed by atoms with van der Waals surface area (Å²) in [5.74, 6) is 0.191. The third kappa shape index (κ3) is 5.20. The Morgan fingerprint density at radius 1 is 1.23 bits per heavy atom. The van der Waals surface area contributed by atoms with Crippen LogP contribution in [-0.2, 0) is 20.9 Å². The maximum Gasteiger partial charge on any atom is 0.328 e. The number of benzene rings is 2. The van der Waals surface area contributed by atoms with Gasteiger partial charge in [0.15, 0.2) is 11.5 Å². The monoisotopic (exact) mass is 477 g/mol. The Kier molecular flexibility index (Phi) is 7.59. The Balaban J connectivity index is 1.78. The molecule has 1 aliphatic rings. The predicted molar refractivity (Wildman–Crippen MR) is 125 cm³/mol. The van der Waals surface area contributed by atoms with Gasteiger partial charge in [-0.3, -0.25) is 9.69 Å². The molecule has 0 bridgehead atoms. The average molecular weight is 478 g/mol. The zero-order chi connectivity index (χ0) is 22.5. The van der Waals surface area contributed by atoms with Crippen LogP contribution in [-0.4, -0.2) is 41.4 Å². The molecule has 1 heterocycles. The molecule has 0 radical (unpaired) electrons. The van der Waals surface area contributed by atoms with E-state index in [4.69, 9.17) is 38.0 Å². The molecule has 6 nitrogen and oxygen atoms in total. The fraction of sp³-hybridized carbons (Fsp3) is 0.227. The van der Waals surface area contributed by atoms with E-state index in [0.717, 1.165) is 22.9 Å². The molecule has 0 aromatic heterocycles. The Hall–Kier alpha value is -2.55. The molecule has 0 unspecified atom stereocenters. The molecule has 1 aliphatic heterocycles. The van der Waals surface area contributed by atoms with Crippen molar-refractivity contribution in [2.24, 2.45) is 0 Å². The van der Waals surface area contributed by atoms with Gasteiger partial charge in [-0.15, -0.1) is 0 Å². The van der Waals surface area contributed by atoms with Gasteiger partial charge in [-0.25, -0.2) is 4.79 Å². The van der Waals surface area contributed by atoms with E-state index < -0.39 is 12.0 Å². The van der Waals surface area contributed by atoms with Crippen LogP contribution in [0.2, 0.25) is 5.02 Å². The topological polar surface area (TPSA) is 65.1 Å². The number of amides is 1. The molecular weight excluding hydrogens is 458 g/mol. The fourth-order valence-corrected chi connectivity index (χ4v) is 4.51. The lowest BCUT2D eigenvalue weighted by Crippen LogP contribution is -2.42. The summed E-state index contributed by atoms with van der Waals surface area (Å²) in [5.41, 5.74) is 1.59. The Bertz CT molecular complexity index is 1060. The van der Waals surface area contributed by atoms with Gasteiger partial charge >= 0.3 is 5.97 Å². The number of ether oxygens (including phenoxy) is 3. The van der Waals surface area contributed by atoms with Crippen LogP contribution >= 0.6 is 35.6 Å². The Morgan fingerprint density at radius 3 is 2.65 bits per heavy atom. The zero-order valence-corrected chi connectivity index (χ0v) is 19.5. The highest BCUT2D eigenvalue weighted by atomic mass is 35.5. The van der Waals surface area contributed by atoms with Gasteiger partial charge in [0.1, 0.15) is 17.0 Å². The van der Waals surface area contributed by atoms with Crippen LogP contribution in [0.15, 0.2) is 47.4 Å². The molecule has 0 N–H and O–H groups in total. The average Bonchev–Trinajstić information content (AvgIpc) is 3.05. The van der Waals surface area contributed by atoms with Crippen molar-refractivity contribution < 1.29 is 23.8 Å². The smallest absolute Gasteiger partial charge is 0.328 e. The summed E-state index contributed by atoms with van der Waals surface area (Å²) in [7, 11) is 2.81. The molecule has 0 saturated carbocycles. The van der Waals surface area contributed by atoms with Crippen molar-refractivity contribution in [3.63, 3.8) is 0 Å². The first-order chi connectivity index (χ1) is 14.8. The van der Waals surface area contributed by atoms with E-state index in [0.29, 0.717) is 32.4 Å². The molecule has 1 saturated heterocycles. The number of thioether (sulfide) groups is 1. The quantitative estimate of drug-likeness (QED) is 0.325. The normalized spacial score (nSPS) is 15.9. The molecule has 9 heteroatoms. The van der Waals surface area contributed by atoms with Crippen LogP contribution in [0.3, 0.4) is 0 Å². The standard InChI is InChI=1S/C22H20ClNO5S2/c1-13(21(26)28-3)24-20(25)19(31-22(24)30)11-14-8-9-17(18(10-14)27-2)29-12-15-6-4-5-7-16(15)23/h4-11,13H,12H2,1-3H3/b19-11-/t13-/m0/s1. The van der Waals surface area contributed by atoms with E-state index in [1.165, 1.54) is 12.0 Å². The van der Waals surface area contributed by atoms with Crippen LogP contribution in [0.5, 0.6) is 11.5 Å². The third-order valence-corrected chi connectivity index (χ3v) is 6.28. The van der Waals surface area contributed by atoms with Crippen LogP contribution in [0.4, 0.5) is 0 Å². The van der Waals surface area contributed by atoms with Crippen molar-refractivity contribution >= 4 is 57.9 Å². The minimum absolute atomic E-state index is 0.291. The summed E-state index contributed by atoms with van der Waals surface area (Å²) in [6.07, 6.45) is 1.70. The molecule has 162 valence electrons. The summed E-state index contributed by atoms with van der Waals surface area (Å²) >= 11 is 12.6. The second kappa shape index (κ2) is 10.2. The van der Waals surface area contributed by atoms with Crippen molar-refractivity contribution in [3.8, 4) is 11.5 Å². The lowest BCUT2D eigenvalue weighted by atomic mass is 10.1. The minimum atomic E-state index is -0.793. The predicted octanol–water partition coefficient (Wildman–Crippen LogP) is 4.69. The van der Waals surface area contributed by atoms with Gasteiger partial charge in [0.05, 0.1) is 19.1 Å². The van der Waals surface area contributed by atoms with Crippen molar-refractivity contribution in [2.75, 3.05) is 14.2 Å². The second-order valence-electron chi connectivity index (χ2n) is 6.54. The van der Waals surface area contributed by atoms with Crippen LogP contribution in [0.25, 0.3) is 6.08 Å². The number of hydrogen-bond acceptors (Lipinski definition) is 7. The van der Waals surface area contributed by atoms with Crippen LogP contribution in [0, 0.1) is 0 Å². The number of thiocarbonyl (C=S) groups is 1. The van der Waals surface area contributed by atoms with Gasteiger partial charge in [-0.1, -0.05) is 59.8 Å². The third-order valence-electron chi connectivity index (χ3n) is 4.58. The molecule has 0 spiro atoms. The summed E-state index contributed by atoms with van der Waals surface area (Å²) in [6, 6.07) is 12.0. The number of rotatable bonds is 7. The highest BCUT2D eigenvalue weighted by molar-refractivity contribution is 8.26. The largest absolute Gasteiger partial charge is 0.493 e. The summed E-state index contributed by atoms with van der Waals surface area (Å²) < 4.78 is 16.3. The first-order valence-electron chi connectivity index (χ1n) is 9.24. The maximum atomic E-state index is 12.8. The van der Waals surface area contributed by atoms with Crippen LogP contribution < -0.4 is 9.47 Å². The molecule has 31 heavy (non-hydrogen) atoms. The molecule has 1 fully saturated rings. The number of halogens is 1. The number of methoxy groups -OCH3 is 2. The summed E-state index contributed by atoms with van der Waals surface area (Å²) in [6.45, 7) is 1.87. The molecule has 3 rings (SSSR count). The lowest BCUT2D eigenvalue weighted by Gasteiger charge is -2.20. The Labute approximate surface area is 195 Å². The Morgan fingerprint density at radius 2 is 1.97 bits per heavy atom. The molecule has 1 atom stereocenters. The van der Waals surface area contributed by atoms with Gasteiger partial charge in [0, 0.05) is 10.6 Å². The van der Waals surface area contributed by atoms with Crippen molar-refractivity contribution in [1.29, 1.82) is 0 Å². The first kappa shape index (κ1) is 23.1. The first-order valence-corrected chi connectivity index (χ1v) is 10.8. The molecule has 0 aliphatic carbocycles. The highest BCUT2D eigenvalue weighted by Gasteiger charge is 2.38. The fourth-order valence-electron chi connectivity index (χ4n) is 2.91. The van der Waals surface area contributed by atoms with Crippen molar-refractivity contribution in [2.45, 2.75) is 19.6 Å². The number of carbonyl (C=O) groups excluding carboxylic acids is 2. The van der Waals surface area contributed by atoms with Gasteiger partial charge in [-0.05, 0) is 36.8 Å². The van der Waals surface area contributed by atoms with Gasteiger partial charge in [0.25, 0.3) is 5.91 Å². The van der Waals surface area contributed by atoms with E-state index in [1.54, 1.807) is 44.4 Å². The molecule has 1 amide bonds. The SMILES string of the molecule is COC(=O)[C@H](C)N1C(=O)/C(=C/c2ccc(OCc3ccccc3Cl)c(OC)c2)SC1=S. The van der Waals surface area contributed by atoms with E-state index in [-0.39, 0.29) is 5.91 Å². The van der Waals surface area contributed by atoms with Gasteiger partial charge in [-0.2, -0.15) is 0 Å². The van der Waals surface area contributed by atoms with E-state index in [2.05, 4.69) is 0 Å². The second-order valence-corrected chi connectivity index (χ2v) is 8.62. The minimum Gasteiger partial charge on any atom is -0.493 e. The number of nitrogens with zero attached hydrogens (tertiary/aromatic N) is 1. The molecular formula is C22H20ClNO5S2. The maximum absolute atomic E-state index is 12.8. The molecule has 2 aromatic carbocycles. The summed E-state index contributed by atoms with van der Waals surface area (Å²) in [4.78, 5) is 26.3. The van der Waals surface area contributed by atoms with Gasteiger partial charge in [0.2, 0.25) is 0 Å². The number of hydrogen-bond donors (Lipinski definition) is 0. The summed E-state index contributed by atoms with van der Waals surface area (Å²) in [5, 5.41) is 0.626. The lowest BCUT2D eigenvalue weighted by molar-refractivity contribution is -0.147. The van der Waals surface area contributed by atoms with Crippen molar-refractivity contribution in [3.05, 3.63) is 63.5 Å². The highest BCUT2D eigenvalue weighted by Crippen LogP contribution is 2.36. The zero-order valence-electron chi connectivity index (χ0n) is 17.1. The van der Waals surface area contributed by atoms with Crippen molar-refractivity contribution in [1.82, 2.24) is 4.90 Å². The van der Waals surface area contributed by atoms with Crippen LogP contribution in [0.1, 0.15) is 18.1 Å². The van der Waals surface area contributed by atoms with E-state index in [1.807, 2.05) is 18.2 Å².